The number of thiocarbonyl (C=S) groups is 1. The lowest BCUT2D eigenvalue weighted by Gasteiger charge is -2.13. The fraction of sp³-hybridized carbons (Fsp3) is 0.875. The number of rotatable bonds is 3. The maximum Gasteiger partial charge on any atom is 0.0740 e. The highest BCUT2D eigenvalue weighted by Gasteiger charge is 2.26. The highest BCUT2D eigenvalue weighted by Crippen LogP contribution is 2.15. The Morgan fingerprint density at radius 1 is 1.67 bits per heavy atom. The summed E-state index contributed by atoms with van der Waals surface area (Å²) in [5, 5.41) is 9.43. The largest absolute Gasteiger partial charge is 0.393 e. The van der Waals surface area contributed by atoms with Crippen molar-refractivity contribution in [3.63, 3.8) is 0 Å². The predicted molar refractivity (Wildman–Crippen MR) is 53.0 cm³/mol. The monoisotopic (exact) mass is 188 g/mol. The Bertz CT molecular complexity index is 164. The van der Waals surface area contributed by atoms with Gasteiger partial charge in [-0.25, -0.2) is 0 Å². The molecule has 2 atom stereocenters. The van der Waals surface area contributed by atoms with Gasteiger partial charge in [0.2, 0.25) is 0 Å². The van der Waals surface area contributed by atoms with Gasteiger partial charge in [0.15, 0.2) is 0 Å². The van der Waals surface area contributed by atoms with E-state index in [-0.39, 0.29) is 6.10 Å². The molecule has 0 amide bonds. The molecule has 3 nitrogen and oxygen atoms in total. The molecule has 1 fully saturated rings. The van der Waals surface area contributed by atoms with Crippen LogP contribution in [0.1, 0.15) is 13.3 Å². The van der Waals surface area contributed by atoms with E-state index in [0.717, 1.165) is 26.1 Å². The van der Waals surface area contributed by atoms with Gasteiger partial charge in [-0.2, -0.15) is 0 Å². The molecule has 2 unspecified atom stereocenters. The molecule has 0 radical (unpaired) electrons. The van der Waals surface area contributed by atoms with Crippen LogP contribution >= 0.6 is 12.2 Å². The zero-order valence-corrected chi connectivity index (χ0v) is 8.18. The molecule has 1 aliphatic heterocycles. The van der Waals surface area contributed by atoms with E-state index in [1.807, 2.05) is 0 Å². The van der Waals surface area contributed by atoms with E-state index in [2.05, 4.69) is 11.8 Å². The van der Waals surface area contributed by atoms with E-state index >= 15 is 0 Å². The smallest absolute Gasteiger partial charge is 0.0740 e. The third-order valence-electron chi connectivity index (χ3n) is 2.32. The third kappa shape index (κ3) is 2.69. The van der Waals surface area contributed by atoms with Gasteiger partial charge in [0.1, 0.15) is 0 Å². The van der Waals surface area contributed by atoms with E-state index < -0.39 is 0 Å². The minimum Gasteiger partial charge on any atom is -0.393 e. The van der Waals surface area contributed by atoms with Crippen molar-refractivity contribution in [1.82, 2.24) is 4.90 Å². The van der Waals surface area contributed by atoms with Crippen molar-refractivity contribution in [3.05, 3.63) is 0 Å². The van der Waals surface area contributed by atoms with Gasteiger partial charge in [-0.05, 0) is 5.92 Å². The third-order valence-corrected chi connectivity index (χ3v) is 2.53. The topological polar surface area (TPSA) is 49.5 Å². The van der Waals surface area contributed by atoms with Crippen LogP contribution in [0, 0.1) is 5.92 Å². The average Bonchev–Trinajstić information content (AvgIpc) is 2.28. The summed E-state index contributed by atoms with van der Waals surface area (Å²) in [6.45, 7) is 4.68. The number of β-amino-alcohol motifs (C(OH)–C–C–N with tert-alkyl or cyclic N) is 1. The Morgan fingerprint density at radius 3 is 2.75 bits per heavy atom. The van der Waals surface area contributed by atoms with Crippen LogP contribution < -0.4 is 5.73 Å². The van der Waals surface area contributed by atoms with Crippen molar-refractivity contribution >= 4 is 17.2 Å². The van der Waals surface area contributed by atoms with Gasteiger partial charge in [-0.1, -0.05) is 19.1 Å². The fourth-order valence-electron chi connectivity index (χ4n) is 1.50. The van der Waals surface area contributed by atoms with Crippen LogP contribution in [0.2, 0.25) is 0 Å². The number of nitrogens with two attached hydrogens (primary N) is 1. The summed E-state index contributed by atoms with van der Waals surface area (Å²) in [4.78, 5) is 2.76. The maximum atomic E-state index is 9.43. The van der Waals surface area contributed by atoms with Gasteiger partial charge >= 0.3 is 0 Å². The van der Waals surface area contributed by atoms with E-state index in [0.29, 0.717) is 10.9 Å². The van der Waals surface area contributed by atoms with E-state index in [4.69, 9.17) is 18.0 Å². The second-order valence-corrected chi connectivity index (χ2v) is 4.04. The van der Waals surface area contributed by atoms with E-state index in [1.165, 1.54) is 0 Å². The molecule has 0 bridgehead atoms. The second-order valence-electron chi connectivity index (χ2n) is 3.52. The van der Waals surface area contributed by atoms with Crippen molar-refractivity contribution in [2.45, 2.75) is 19.4 Å². The van der Waals surface area contributed by atoms with E-state index in [1.54, 1.807) is 0 Å². The summed E-state index contributed by atoms with van der Waals surface area (Å²) in [5.74, 6) is 0.386. The molecule has 0 saturated carbocycles. The van der Waals surface area contributed by atoms with Gasteiger partial charge in [0.25, 0.3) is 0 Å². The Balaban J connectivity index is 2.23. The molecule has 0 aliphatic carbocycles. The molecule has 1 saturated heterocycles. The number of hydrogen-bond donors (Lipinski definition) is 2. The molecule has 70 valence electrons. The van der Waals surface area contributed by atoms with Crippen molar-refractivity contribution in [2.75, 3.05) is 19.6 Å². The van der Waals surface area contributed by atoms with E-state index in [9.17, 15) is 5.11 Å². The maximum absolute atomic E-state index is 9.43. The van der Waals surface area contributed by atoms with Gasteiger partial charge in [-0.15, -0.1) is 0 Å². The lowest BCUT2D eigenvalue weighted by atomic mass is 10.1. The average molecular weight is 188 g/mol. The normalized spacial score (nSPS) is 30.8. The number of hydrogen-bond acceptors (Lipinski definition) is 3. The van der Waals surface area contributed by atoms with Gasteiger partial charge < -0.3 is 10.8 Å². The number of nitrogens with zero attached hydrogens (tertiary/aromatic N) is 1. The number of aliphatic hydroxyl groups is 1. The summed E-state index contributed by atoms with van der Waals surface area (Å²) >= 11 is 4.78. The zero-order valence-electron chi connectivity index (χ0n) is 7.36. The molecule has 0 spiro atoms. The first kappa shape index (κ1) is 9.89. The quantitative estimate of drug-likeness (QED) is 0.611. The van der Waals surface area contributed by atoms with Crippen molar-refractivity contribution in [1.29, 1.82) is 0 Å². The van der Waals surface area contributed by atoms with Crippen molar-refractivity contribution in [3.8, 4) is 0 Å². The number of aliphatic hydroxyl groups excluding tert-OH is 1. The summed E-state index contributed by atoms with van der Waals surface area (Å²) in [5.41, 5.74) is 5.38. The lowest BCUT2D eigenvalue weighted by molar-refractivity contribution is 0.148. The molecule has 12 heavy (non-hydrogen) atoms. The summed E-state index contributed by atoms with van der Waals surface area (Å²) in [7, 11) is 0. The Morgan fingerprint density at radius 2 is 2.33 bits per heavy atom. The minimum absolute atomic E-state index is 0.170. The first-order chi connectivity index (χ1) is 5.59. The molecule has 4 heteroatoms. The summed E-state index contributed by atoms with van der Waals surface area (Å²) in [6, 6.07) is 0. The first-order valence-electron chi connectivity index (χ1n) is 4.28. The molecule has 1 aliphatic rings. The molecule has 0 aromatic heterocycles. The number of likely N-dealkylation sites (tertiary alicyclic amines) is 1. The molecular formula is C8H16N2OS. The minimum atomic E-state index is -0.170. The predicted octanol–water partition coefficient (Wildman–Crippen LogP) is -0.0248. The first-order valence-corrected chi connectivity index (χ1v) is 4.69. The Hall–Kier alpha value is -0.190. The Kier molecular flexibility index (Phi) is 3.43. The van der Waals surface area contributed by atoms with Crippen LogP contribution in [0.25, 0.3) is 0 Å². The molecular weight excluding hydrogens is 172 g/mol. The molecule has 0 aromatic rings. The standard InChI is InChI=1S/C8H16N2OS/c1-6-4-10(5-7(6)11)3-2-8(9)12/h6-7,11H,2-5H2,1H3,(H2,9,12). The van der Waals surface area contributed by atoms with Crippen LogP contribution in [0.4, 0.5) is 0 Å². The summed E-state index contributed by atoms with van der Waals surface area (Å²) in [6.07, 6.45) is 0.589. The summed E-state index contributed by atoms with van der Waals surface area (Å²) < 4.78 is 0. The molecule has 1 heterocycles. The van der Waals surface area contributed by atoms with Crippen LogP contribution in [0.3, 0.4) is 0 Å². The Labute approximate surface area is 78.5 Å². The van der Waals surface area contributed by atoms with Crippen LogP contribution in [0.15, 0.2) is 0 Å². The highest BCUT2D eigenvalue weighted by molar-refractivity contribution is 7.80. The van der Waals surface area contributed by atoms with Crippen molar-refractivity contribution in [2.24, 2.45) is 11.7 Å². The van der Waals surface area contributed by atoms with Gasteiger partial charge in [0, 0.05) is 26.1 Å². The molecule has 1 rings (SSSR count). The van der Waals surface area contributed by atoms with Crippen molar-refractivity contribution < 1.29 is 5.11 Å². The zero-order chi connectivity index (χ0) is 9.14. The highest BCUT2D eigenvalue weighted by atomic mass is 32.1. The molecule has 0 aromatic carbocycles. The van der Waals surface area contributed by atoms with Crippen LogP contribution in [-0.4, -0.2) is 40.7 Å². The fourth-order valence-corrected chi connectivity index (χ4v) is 1.59. The second kappa shape index (κ2) is 4.16. The molecule has 3 N–H and O–H groups in total. The lowest BCUT2D eigenvalue weighted by Crippen LogP contribution is -2.26. The van der Waals surface area contributed by atoms with Gasteiger partial charge in [0.05, 0.1) is 11.1 Å². The van der Waals surface area contributed by atoms with Gasteiger partial charge in [-0.3, -0.25) is 4.90 Å². The van der Waals surface area contributed by atoms with Crippen LogP contribution in [0.5, 0.6) is 0 Å². The SMILES string of the molecule is CC1CN(CCC(N)=S)CC1O. The van der Waals surface area contributed by atoms with Crippen LogP contribution in [-0.2, 0) is 0 Å².